The summed E-state index contributed by atoms with van der Waals surface area (Å²) in [4.78, 5) is 25.7. The van der Waals surface area contributed by atoms with Crippen LogP contribution in [0.2, 0.25) is 0 Å². The lowest BCUT2D eigenvalue weighted by atomic mass is 9.49. The third-order valence-electron chi connectivity index (χ3n) is 19.1. The molecule has 8 saturated carbocycles. The van der Waals surface area contributed by atoms with E-state index in [-0.39, 0.29) is 16.7 Å². The monoisotopic (exact) mass is 898 g/mol. The van der Waals surface area contributed by atoms with Crippen molar-refractivity contribution in [2.45, 2.75) is 161 Å². The number of nitriles is 2. The van der Waals surface area contributed by atoms with Crippen LogP contribution in [-0.4, -0.2) is 58.3 Å². The van der Waals surface area contributed by atoms with Gasteiger partial charge in [0.15, 0.2) is 5.78 Å². The molecule has 8 fully saturated rings. The fraction of sp³-hybridized carbons (Fsp3) is 0.800. The molecule has 11 heteroatoms. The van der Waals surface area contributed by atoms with Crippen LogP contribution in [-0.2, 0) is 16.1 Å². The first-order chi connectivity index (χ1) is 29.1. The van der Waals surface area contributed by atoms with Gasteiger partial charge in [0, 0.05) is 24.2 Å². The fourth-order valence-electron chi connectivity index (χ4n) is 16.4. The summed E-state index contributed by atoms with van der Waals surface area (Å²) in [5, 5.41) is 49.0. The molecule has 0 unspecified atom stereocenters. The van der Waals surface area contributed by atoms with Crippen LogP contribution in [0.3, 0.4) is 0 Å². The van der Waals surface area contributed by atoms with Crippen molar-refractivity contribution in [2.75, 3.05) is 5.33 Å². The highest BCUT2D eigenvalue weighted by atomic mass is 79.9. The SMILES string of the molecule is C[C@@]1(O)CC[C@H]2[C@H](CC[C@@H]3[C@@H]2CC[C@]2(C)[C@@H](C(=O)CBr)CC[C@@H]32)C1.C[C@@]1(O)CC[C@H]2[C@H](CC[C@@H]3[C@@H]2CC[C@]2(C)[C@@H](C(=O)Cn4cc(C#N)cn4)CC[C@@H]32)C1.N#Cc1cn[nH]c1. The van der Waals surface area contributed by atoms with Crippen molar-refractivity contribution in [3.8, 4) is 12.1 Å². The van der Waals surface area contributed by atoms with E-state index in [1.165, 1.54) is 83.0 Å². The predicted molar refractivity (Wildman–Crippen MR) is 237 cm³/mol. The molecule has 10 rings (SSSR count). The third kappa shape index (κ3) is 8.72. The zero-order chi connectivity index (χ0) is 43.3. The Labute approximate surface area is 372 Å². The number of nitrogens with one attached hydrogen (secondary N) is 1. The lowest BCUT2D eigenvalue weighted by Gasteiger charge is -2.56. The number of Topliss-reactive ketones (excluding diaryl/α,β-unsaturated/α-hetero) is 2. The van der Waals surface area contributed by atoms with Crippen molar-refractivity contribution < 1.29 is 19.8 Å². The van der Waals surface area contributed by atoms with Gasteiger partial charge in [0.1, 0.15) is 17.9 Å². The Kier molecular flexibility index (Phi) is 12.9. The number of aromatic amines is 1. The van der Waals surface area contributed by atoms with Crippen molar-refractivity contribution in [1.82, 2.24) is 20.0 Å². The molecule has 3 N–H and O–H groups in total. The first-order valence-corrected chi connectivity index (χ1v) is 25.1. The van der Waals surface area contributed by atoms with Crippen LogP contribution in [0.4, 0.5) is 0 Å². The van der Waals surface area contributed by atoms with Crippen LogP contribution < -0.4 is 0 Å². The zero-order valence-corrected chi connectivity index (χ0v) is 38.8. The Balaban J connectivity index is 0.000000148. The van der Waals surface area contributed by atoms with Crippen LogP contribution in [0, 0.1) is 105 Å². The molecule has 8 aliphatic rings. The number of aliphatic hydroxyl groups is 2. The molecule has 0 amide bonds. The van der Waals surface area contributed by atoms with Gasteiger partial charge in [0.2, 0.25) is 0 Å². The van der Waals surface area contributed by atoms with Crippen molar-refractivity contribution in [2.24, 2.45) is 81.8 Å². The van der Waals surface area contributed by atoms with Gasteiger partial charge >= 0.3 is 0 Å². The summed E-state index contributed by atoms with van der Waals surface area (Å²) in [5.74, 6) is 8.98. The summed E-state index contributed by atoms with van der Waals surface area (Å²) < 4.78 is 1.64. The summed E-state index contributed by atoms with van der Waals surface area (Å²) in [6.07, 6.45) is 27.4. The van der Waals surface area contributed by atoms with Gasteiger partial charge in [-0.15, -0.1) is 0 Å². The molecule has 0 aromatic carbocycles. The summed E-state index contributed by atoms with van der Waals surface area (Å²) in [6, 6.07) is 4.00. The second-order valence-electron chi connectivity index (χ2n) is 22.4. The molecule has 332 valence electrons. The number of rotatable bonds is 5. The average Bonchev–Trinajstić information content (AvgIpc) is 4.06. The number of carbonyl (C=O) groups is 2. The van der Waals surface area contributed by atoms with Crippen LogP contribution in [0.15, 0.2) is 24.8 Å². The van der Waals surface area contributed by atoms with Crippen LogP contribution in [0.1, 0.15) is 154 Å². The maximum absolute atomic E-state index is 13.3. The normalized spacial score (nSPS) is 44.3. The average molecular weight is 900 g/mol. The van der Waals surface area contributed by atoms with E-state index in [9.17, 15) is 19.8 Å². The lowest BCUT2D eigenvalue weighted by molar-refractivity contribution is -0.133. The molecule has 8 aliphatic carbocycles. The van der Waals surface area contributed by atoms with Crippen LogP contribution in [0.5, 0.6) is 0 Å². The number of H-pyrrole nitrogens is 1. The van der Waals surface area contributed by atoms with Gasteiger partial charge in [-0.2, -0.15) is 20.7 Å². The van der Waals surface area contributed by atoms with Gasteiger partial charge < -0.3 is 10.2 Å². The maximum Gasteiger partial charge on any atom is 0.157 e. The van der Waals surface area contributed by atoms with Crippen molar-refractivity contribution in [3.05, 3.63) is 35.9 Å². The van der Waals surface area contributed by atoms with Crippen molar-refractivity contribution in [1.29, 1.82) is 10.5 Å². The van der Waals surface area contributed by atoms with E-state index in [0.717, 1.165) is 92.3 Å². The Hall–Kier alpha value is -2.86. The first kappa shape index (κ1) is 44.7. The fourth-order valence-corrected chi connectivity index (χ4v) is 16.8. The highest BCUT2D eigenvalue weighted by Gasteiger charge is 2.60. The number of fused-ring (bicyclic) bond motifs is 10. The van der Waals surface area contributed by atoms with Crippen LogP contribution >= 0.6 is 15.9 Å². The van der Waals surface area contributed by atoms with Gasteiger partial charge in [-0.05, 0) is 199 Å². The predicted octanol–water partition coefficient (Wildman–Crippen LogP) is 9.60. The maximum atomic E-state index is 13.3. The van der Waals surface area contributed by atoms with Gasteiger partial charge in [0.05, 0.1) is 46.6 Å². The van der Waals surface area contributed by atoms with E-state index in [2.05, 4.69) is 51.1 Å². The Morgan fingerprint density at radius 1 is 0.689 bits per heavy atom. The molecule has 0 saturated heterocycles. The molecule has 0 radical (unpaired) electrons. The van der Waals surface area contributed by atoms with E-state index in [4.69, 9.17) is 10.5 Å². The second kappa shape index (κ2) is 17.6. The van der Waals surface area contributed by atoms with E-state index in [1.54, 1.807) is 17.1 Å². The number of ketones is 2. The number of hydrogen-bond donors (Lipinski definition) is 3. The highest BCUT2D eigenvalue weighted by molar-refractivity contribution is 9.09. The molecule has 2 aromatic heterocycles. The zero-order valence-electron chi connectivity index (χ0n) is 37.2. The van der Waals surface area contributed by atoms with Crippen LogP contribution in [0.25, 0.3) is 0 Å². The summed E-state index contributed by atoms with van der Waals surface area (Å²) >= 11 is 3.42. The summed E-state index contributed by atoms with van der Waals surface area (Å²) in [6.45, 7) is 9.19. The number of aromatic nitrogens is 4. The Bertz CT molecular complexity index is 1960. The molecular formula is C50H71BrN6O4. The Morgan fingerprint density at radius 3 is 1.64 bits per heavy atom. The van der Waals surface area contributed by atoms with E-state index in [1.807, 2.05) is 19.9 Å². The van der Waals surface area contributed by atoms with E-state index < -0.39 is 11.2 Å². The molecule has 10 nitrogen and oxygen atoms in total. The molecular weight excluding hydrogens is 828 g/mol. The quantitative estimate of drug-likeness (QED) is 0.249. The number of halogens is 1. The van der Waals surface area contributed by atoms with Crippen molar-refractivity contribution in [3.63, 3.8) is 0 Å². The Morgan fingerprint density at radius 2 is 1.20 bits per heavy atom. The first-order valence-electron chi connectivity index (χ1n) is 24.0. The third-order valence-corrected chi connectivity index (χ3v) is 19.6. The second-order valence-corrected chi connectivity index (χ2v) is 23.0. The molecule has 2 aromatic rings. The van der Waals surface area contributed by atoms with Crippen molar-refractivity contribution >= 4 is 27.5 Å². The van der Waals surface area contributed by atoms with Gasteiger partial charge in [0.25, 0.3) is 0 Å². The molecule has 0 bridgehead atoms. The minimum absolute atomic E-state index is 0.121. The number of nitrogens with zero attached hydrogens (tertiary/aromatic N) is 5. The molecule has 61 heavy (non-hydrogen) atoms. The highest BCUT2D eigenvalue weighted by Crippen LogP contribution is 2.66. The lowest BCUT2D eigenvalue weighted by Crippen LogP contribution is -2.51. The van der Waals surface area contributed by atoms with E-state index >= 15 is 0 Å². The minimum atomic E-state index is -0.458. The van der Waals surface area contributed by atoms with E-state index in [0.29, 0.717) is 52.3 Å². The number of carbonyl (C=O) groups excluding carboxylic acids is 2. The van der Waals surface area contributed by atoms with Gasteiger partial charge in [-0.1, -0.05) is 29.8 Å². The molecule has 2 heterocycles. The molecule has 16 atom stereocenters. The standard InChI is InChI=1S/C25H35N3O2.C21H33BrO2.C4H3N3/c1-24(30)9-7-18-17(11-24)3-4-20-19(18)8-10-25(2)21(20)5-6-22(25)23(29)15-28-14-16(12-26)13-27-28;1-20(24)9-7-14-13(11-20)3-4-16-15(14)8-10-21(2)17(16)5-6-18(21)19(23)12-22;5-1-4-2-6-7-3-4/h13-14,17-22,30H,3-11,15H2,1-2H3;13-18,24H,3-12H2,1-2H3;2-3H,(H,6,7)/t17-,18+,19-,20-,21+,22-,24-,25+;13-,14+,15-,16-,17+,18-,20-,21+;/m11./s1. The van der Waals surface area contributed by atoms with Gasteiger partial charge in [-0.3, -0.25) is 19.4 Å². The smallest absolute Gasteiger partial charge is 0.157 e. The number of alkyl halides is 1. The minimum Gasteiger partial charge on any atom is -0.390 e. The van der Waals surface area contributed by atoms with Gasteiger partial charge in [-0.25, -0.2) is 0 Å². The molecule has 0 aliphatic heterocycles. The number of hydrogen-bond acceptors (Lipinski definition) is 8. The summed E-state index contributed by atoms with van der Waals surface area (Å²) in [5.41, 5.74) is 0.593. The summed E-state index contributed by atoms with van der Waals surface area (Å²) in [7, 11) is 0. The largest absolute Gasteiger partial charge is 0.390 e. The molecule has 0 spiro atoms. The topological polar surface area (TPSA) is 169 Å².